The summed E-state index contributed by atoms with van der Waals surface area (Å²) in [7, 11) is 0. The molecule has 3 atom stereocenters. The van der Waals surface area contributed by atoms with Gasteiger partial charge in [-0.3, -0.25) is 9.69 Å². The number of hydrogen-bond donors (Lipinski definition) is 3. The number of aliphatic hydroxyl groups excluding tert-OH is 1. The van der Waals surface area contributed by atoms with Crippen molar-refractivity contribution in [2.45, 2.75) is 90.3 Å². The lowest BCUT2D eigenvalue weighted by Crippen LogP contribution is -2.50. The zero-order chi connectivity index (χ0) is 27.2. The Morgan fingerprint density at radius 3 is 2.67 bits per heavy atom. The van der Waals surface area contributed by atoms with E-state index in [-0.39, 0.29) is 18.1 Å². The van der Waals surface area contributed by atoms with Gasteiger partial charge < -0.3 is 15.4 Å². The van der Waals surface area contributed by atoms with E-state index < -0.39 is 0 Å². The van der Waals surface area contributed by atoms with Gasteiger partial charge in [-0.25, -0.2) is 9.50 Å². The second-order valence-corrected chi connectivity index (χ2v) is 13.5. The number of nitrogens with zero attached hydrogens (tertiary/aromatic N) is 4. The molecule has 206 valence electrons. The molecule has 1 amide bonds. The Balaban J connectivity index is 1.16. The summed E-state index contributed by atoms with van der Waals surface area (Å²) in [4.78, 5) is 26.1. The molecular weight excluding hydrogens is 508 g/mol. The van der Waals surface area contributed by atoms with Gasteiger partial charge in [0.15, 0.2) is 5.65 Å². The number of nitrogens with one attached hydrogen (secondary N) is 2. The number of carbonyl (C=O) groups excluding carboxylic acids is 1. The van der Waals surface area contributed by atoms with E-state index in [1.54, 1.807) is 6.33 Å². The smallest absolute Gasteiger partial charge is 0.234 e. The maximum absolute atomic E-state index is 12.6. The fourth-order valence-electron chi connectivity index (χ4n) is 7.57. The lowest BCUT2D eigenvalue weighted by atomic mass is 9.88. The van der Waals surface area contributed by atoms with E-state index in [1.165, 1.54) is 55.0 Å². The van der Waals surface area contributed by atoms with E-state index in [0.717, 1.165) is 18.6 Å². The van der Waals surface area contributed by atoms with Gasteiger partial charge in [0.1, 0.15) is 11.2 Å². The van der Waals surface area contributed by atoms with E-state index in [4.69, 9.17) is 0 Å². The average molecular weight is 547 g/mol. The van der Waals surface area contributed by atoms with E-state index in [0.29, 0.717) is 43.2 Å². The van der Waals surface area contributed by atoms with E-state index in [1.807, 2.05) is 15.9 Å². The normalized spacial score (nSPS) is 26.8. The van der Waals surface area contributed by atoms with E-state index in [2.05, 4.69) is 66.1 Å². The number of aromatic amines is 1. The summed E-state index contributed by atoms with van der Waals surface area (Å²) in [5, 5.41) is 18.4. The molecule has 0 radical (unpaired) electrons. The first-order chi connectivity index (χ1) is 18.7. The molecule has 2 aliphatic carbocycles. The Morgan fingerprint density at radius 2 is 1.97 bits per heavy atom. The molecule has 4 aromatic rings. The summed E-state index contributed by atoms with van der Waals surface area (Å²) in [6, 6.07) is 0.639. The largest absolute Gasteiger partial charge is 0.393 e. The van der Waals surface area contributed by atoms with Crippen LogP contribution in [0.1, 0.15) is 78.5 Å². The molecule has 5 heterocycles. The molecule has 2 saturated carbocycles. The molecule has 2 bridgehead atoms. The molecule has 8 nitrogen and oxygen atoms in total. The quantitative estimate of drug-likeness (QED) is 0.323. The standard InChI is InChI=1S/C30H38N6O2S/c1-14(2)25-26-17(5)28(22-9-20-6-18(22)10-35(20)12-24(38)33-19-7-21(37)8-19)39-30(26)34-27(25)23-11-36-29(31-13-32-36)16(4)15(23)3/h11,13-14,18-22,34,37H,6-10,12H2,1-5H3,(H,33,38)/t18?,19-,20?,21-,22-/m1/s1. The first-order valence-electron chi connectivity index (χ1n) is 14.4. The molecule has 0 spiro atoms. The highest BCUT2D eigenvalue weighted by Crippen LogP contribution is 2.53. The molecule has 2 unspecified atom stereocenters. The Bertz CT molecular complexity index is 1590. The number of aryl methyl sites for hydroxylation is 2. The number of likely N-dealkylation sites (tertiary alicyclic amines) is 1. The average Bonchev–Trinajstić information content (AvgIpc) is 3.67. The van der Waals surface area contributed by atoms with Gasteiger partial charge >= 0.3 is 0 Å². The van der Waals surface area contributed by atoms with Crippen LogP contribution in [0.3, 0.4) is 0 Å². The van der Waals surface area contributed by atoms with Crippen LogP contribution in [0.5, 0.6) is 0 Å². The van der Waals surface area contributed by atoms with Gasteiger partial charge in [0.25, 0.3) is 0 Å². The van der Waals surface area contributed by atoms with Gasteiger partial charge in [0.2, 0.25) is 5.91 Å². The van der Waals surface area contributed by atoms with Crippen molar-refractivity contribution >= 4 is 33.1 Å². The van der Waals surface area contributed by atoms with E-state index in [9.17, 15) is 9.90 Å². The number of fused-ring (bicyclic) bond motifs is 4. The number of rotatable bonds is 6. The zero-order valence-electron chi connectivity index (χ0n) is 23.4. The molecular formula is C30H38N6O2S. The summed E-state index contributed by atoms with van der Waals surface area (Å²) in [6.45, 7) is 12.7. The third-order valence-electron chi connectivity index (χ3n) is 9.75. The van der Waals surface area contributed by atoms with Crippen molar-refractivity contribution in [3.63, 3.8) is 0 Å². The number of hydrogen-bond acceptors (Lipinski definition) is 6. The minimum Gasteiger partial charge on any atom is -0.393 e. The van der Waals surface area contributed by atoms with Crippen molar-refractivity contribution in [2.24, 2.45) is 5.92 Å². The predicted molar refractivity (Wildman–Crippen MR) is 154 cm³/mol. The van der Waals surface area contributed by atoms with Crippen molar-refractivity contribution in [1.82, 2.24) is 29.8 Å². The molecule has 9 heteroatoms. The van der Waals surface area contributed by atoms with Crippen LogP contribution in [0.4, 0.5) is 0 Å². The summed E-state index contributed by atoms with van der Waals surface area (Å²) in [5.74, 6) is 1.67. The lowest BCUT2D eigenvalue weighted by molar-refractivity contribution is -0.124. The van der Waals surface area contributed by atoms with Gasteiger partial charge in [0, 0.05) is 40.7 Å². The van der Waals surface area contributed by atoms with Crippen molar-refractivity contribution in [3.8, 4) is 11.3 Å². The number of H-pyrrole nitrogens is 1. The fraction of sp³-hybridized carbons (Fsp3) is 0.567. The molecule has 4 aromatic heterocycles. The van der Waals surface area contributed by atoms with Gasteiger partial charge in [-0.15, -0.1) is 11.3 Å². The number of carbonyl (C=O) groups is 1. The summed E-state index contributed by atoms with van der Waals surface area (Å²) in [5.41, 5.74) is 8.57. The number of piperidine rings is 1. The molecule has 39 heavy (non-hydrogen) atoms. The topological polar surface area (TPSA) is 98.5 Å². The summed E-state index contributed by atoms with van der Waals surface area (Å²) >= 11 is 1.95. The SMILES string of the molecule is Cc1c(-c2[nH]c3sc([C@@H]4CC5CC4CN5CC(=O)N[C@H]4C[C@H](O)C4)c(C)c3c2C(C)C)cn2ncnc2c1C. The van der Waals surface area contributed by atoms with Crippen LogP contribution in [0.15, 0.2) is 12.5 Å². The van der Waals surface area contributed by atoms with Crippen LogP contribution in [0, 0.1) is 26.7 Å². The van der Waals surface area contributed by atoms with E-state index >= 15 is 0 Å². The second kappa shape index (κ2) is 9.14. The first-order valence-corrected chi connectivity index (χ1v) is 15.2. The molecule has 7 rings (SSSR count). The fourth-order valence-corrected chi connectivity index (χ4v) is 9.00. The third-order valence-corrected chi connectivity index (χ3v) is 11.1. The molecule has 1 saturated heterocycles. The second-order valence-electron chi connectivity index (χ2n) is 12.5. The number of aromatic nitrogens is 4. The maximum atomic E-state index is 12.6. The van der Waals surface area contributed by atoms with Crippen LogP contribution in [-0.2, 0) is 4.79 Å². The van der Waals surface area contributed by atoms with Crippen molar-refractivity contribution < 1.29 is 9.90 Å². The highest BCUT2D eigenvalue weighted by Gasteiger charge is 2.47. The van der Waals surface area contributed by atoms with Crippen LogP contribution in [0.25, 0.3) is 27.1 Å². The number of aliphatic hydroxyl groups is 1. The number of amides is 1. The maximum Gasteiger partial charge on any atom is 0.234 e. The minimum atomic E-state index is -0.239. The van der Waals surface area contributed by atoms with Gasteiger partial charge in [-0.05, 0) is 86.5 Å². The van der Waals surface area contributed by atoms with Crippen LogP contribution >= 0.6 is 11.3 Å². The highest BCUT2D eigenvalue weighted by molar-refractivity contribution is 7.19. The summed E-state index contributed by atoms with van der Waals surface area (Å²) in [6.07, 6.45) is 7.21. The molecule has 3 aliphatic rings. The van der Waals surface area contributed by atoms with Gasteiger partial charge in [-0.2, -0.15) is 5.10 Å². The molecule has 0 aromatic carbocycles. The number of thiophene rings is 1. The van der Waals surface area contributed by atoms with Gasteiger partial charge in [0.05, 0.1) is 18.3 Å². The Kier molecular flexibility index (Phi) is 5.92. The zero-order valence-corrected chi connectivity index (χ0v) is 24.2. The Morgan fingerprint density at radius 1 is 1.18 bits per heavy atom. The van der Waals surface area contributed by atoms with Crippen molar-refractivity contribution in [2.75, 3.05) is 13.1 Å². The Labute approximate surface area is 232 Å². The van der Waals surface area contributed by atoms with Crippen LogP contribution < -0.4 is 5.32 Å². The van der Waals surface area contributed by atoms with Crippen LogP contribution in [0.2, 0.25) is 0 Å². The Hall–Kier alpha value is -2.75. The molecule has 1 aliphatic heterocycles. The molecule has 3 fully saturated rings. The third kappa shape index (κ3) is 3.96. The predicted octanol–water partition coefficient (Wildman–Crippen LogP) is 4.81. The monoisotopic (exact) mass is 546 g/mol. The van der Waals surface area contributed by atoms with Gasteiger partial charge in [-0.1, -0.05) is 13.8 Å². The minimum absolute atomic E-state index is 0.111. The molecule has 3 N–H and O–H groups in total. The van der Waals surface area contributed by atoms with Crippen molar-refractivity contribution in [1.29, 1.82) is 0 Å². The highest BCUT2D eigenvalue weighted by atomic mass is 32.1. The summed E-state index contributed by atoms with van der Waals surface area (Å²) < 4.78 is 1.89. The lowest BCUT2D eigenvalue weighted by Gasteiger charge is -2.34. The number of pyridine rings is 1. The first kappa shape index (κ1) is 25.2. The van der Waals surface area contributed by atoms with Crippen molar-refractivity contribution in [3.05, 3.63) is 39.7 Å². The van der Waals surface area contributed by atoms with Crippen LogP contribution in [-0.4, -0.2) is 66.8 Å².